The summed E-state index contributed by atoms with van der Waals surface area (Å²) in [4.78, 5) is 15.8. The van der Waals surface area contributed by atoms with E-state index in [1.165, 1.54) is 29.7 Å². The lowest BCUT2D eigenvalue weighted by Gasteiger charge is -2.33. The lowest BCUT2D eigenvalue weighted by Crippen LogP contribution is -2.37. The molecule has 1 aromatic carbocycles. The molecule has 180 valence electrons. The van der Waals surface area contributed by atoms with Crippen molar-refractivity contribution in [2.75, 3.05) is 13.6 Å². The molecule has 0 fully saturated rings. The fourth-order valence-electron chi connectivity index (χ4n) is 4.68. The van der Waals surface area contributed by atoms with Gasteiger partial charge < -0.3 is 10.2 Å². The summed E-state index contributed by atoms with van der Waals surface area (Å²) in [6, 6.07) is 7.43. The highest BCUT2D eigenvalue weighted by Crippen LogP contribution is 2.45. The number of nitrogens with zero attached hydrogens (tertiary/aromatic N) is 4. The van der Waals surface area contributed by atoms with Crippen LogP contribution in [0.15, 0.2) is 42.6 Å². The fourth-order valence-corrected chi connectivity index (χ4v) is 5.72. The van der Waals surface area contributed by atoms with Crippen molar-refractivity contribution in [3.63, 3.8) is 0 Å². The van der Waals surface area contributed by atoms with E-state index in [9.17, 15) is 23.2 Å². The maximum absolute atomic E-state index is 15.4. The molecule has 1 N–H and O–H groups in total. The highest BCUT2D eigenvalue weighted by Gasteiger charge is 2.40. The van der Waals surface area contributed by atoms with Gasteiger partial charge in [-0.2, -0.15) is 23.5 Å². The molecule has 4 bridgehead atoms. The van der Waals surface area contributed by atoms with Crippen LogP contribution < -0.4 is 5.32 Å². The molecule has 2 aliphatic rings. The first kappa shape index (κ1) is 23.3. The number of amides is 1. The second-order valence-electron chi connectivity index (χ2n) is 8.44. The van der Waals surface area contributed by atoms with Crippen molar-refractivity contribution < 1.29 is 22.4 Å². The number of alkyl halides is 3. The first-order valence-electron chi connectivity index (χ1n) is 10.8. The number of carbonyl (C=O) groups is 1. The van der Waals surface area contributed by atoms with E-state index in [2.05, 4.69) is 16.5 Å². The number of hydrogen-bond acceptors (Lipinski definition) is 5. The average molecular weight is 502 g/mol. The fraction of sp³-hybridized carbons (Fsp3) is 0.292. The number of aromatic nitrogens is 2. The Morgan fingerprint density at radius 3 is 2.77 bits per heavy atom. The van der Waals surface area contributed by atoms with Gasteiger partial charge in [0.1, 0.15) is 16.8 Å². The summed E-state index contributed by atoms with van der Waals surface area (Å²) in [6.07, 6.45) is -0.625. The van der Waals surface area contributed by atoms with Crippen molar-refractivity contribution in [1.82, 2.24) is 20.0 Å². The molecule has 5 rings (SSSR count). The van der Waals surface area contributed by atoms with E-state index in [0.29, 0.717) is 10.4 Å². The molecule has 2 aromatic heterocycles. The van der Waals surface area contributed by atoms with Gasteiger partial charge >= 0.3 is 6.18 Å². The van der Waals surface area contributed by atoms with Crippen LogP contribution in [-0.2, 0) is 24.1 Å². The van der Waals surface area contributed by atoms with E-state index in [0.717, 1.165) is 21.2 Å². The number of benzene rings is 1. The van der Waals surface area contributed by atoms with Crippen LogP contribution in [0.2, 0.25) is 0 Å². The number of halogens is 4. The summed E-state index contributed by atoms with van der Waals surface area (Å²) in [5, 5.41) is 16.2. The van der Waals surface area contributed by atoms with Crippen LogP contribution >= 0.6 is 11.3 Å². The van der Waals surface area contributed by atoms with E-state index >= 15 is 4.39 Å². The summed E-state index contributed by atoms with van der Waals surface area (Å²) < 4.78 is 58.6. The monoisotopic (exact) mass is 501 g/mol. The van der Waals surface area contributed by atoms with Crippen molar-refractivity contribution in [2.24, 2.45) is 0 Å². The van der Waals surface area contributed by atoms with Crippen molar-refractivity contribution in [3.05, 3.63) is 75.0 Å². The van der Waals surface area contributed by atoms with Gasteiger partial charge in [0, 0.05) is 46.8 Å². The van der Waals surface area contributed by atoms with E-state index in [1.807, 2.05) is 0 Å². The molecule has 4 heterocycles. The van der Waals surface area contributed by atoms with Gasteiger partial charge in [-0.3, -0.25) is 9.48 Å². The molecule has 3 aromatic rings. The van der Waals surface area contributed by atoms with Crippen LogP contribution in [0.4, 0.5) is 17.6 Å². The maximum Gasteiger partial charge on any atom is 0.435 e. The van der Waals surface area contributed by atoms with Crippen molar-refractivity contribution >= 4 is 17.2 Å². The number of hydrogen-bond donors (Lipinski definition) is 1. The van der Waals surface area contributed by atoms with Gasteiger partial charge in [-0.15, -0.1) is 11.3 Å². The van der Waals surface area contributed by atoms with Crippen molar-refractivity contribution in [1.29, 1.82) is 5.26 Å². The van der Waals surface area contributed by atoms with Gasteiger partial charge in [0.25, 0.3) is 0 Å². The van der Waals surface area contributed by atoms with Crippen LogP contribution in [0.1, 0.15) is 32.5 Å². The van der Waals surface area contributed by atoms with Crippen LogP contribution in [-0.4, -0.2) is 40.2 Å². The molecule has 0 saturated heterocycles. The molecule has 35 heavy (non-hydrogen) atoms. The zero-order valence-corrected chi connectivity index (χ0v) is 19.3. The predicted molar refractivity (Wildman–Crippen MR) is 121 cm³/mol. The second kappa shape index (κ2) is 8.62. The Balaban J connectivity index is 1.81. The van der Waals surface area contributed by atoms with Gasteiger partial charge in [0.15, 0.2) is 5.69 Å². The number of fused-ring (bicyclic) bond motifs is 9. The highest BCUT2D eigenvalue weighted by atomic mass is 32.1. The van der Waals surface area contributed by atoms with Gasteiger partial charge in [-0.1, -0.05) is 18.2 Å². The molecule has 0 spiro atoms. The molecule has 0 saturated carbocycles. The number of nitrogens with one attached hydrogen (secondary N) is 1. The number of thiophene rings is 1. The third-order valence-electron chi connectivity index (χ3n) is 6.32. The van der Waals surface area contributed by atoms with Crippen molar-refractivity contribution in [3.8, 4) is 17.2 Å². The zero-order valence-electron chi connectivity index (χ0n) is 18.4. The van der Waals surface area contributed by atoms with Crippen LogP contribution in [0, 0.1) is 17.1 Å². The molecule has 0 radical (unpaired) electrons. The molecule has 1 amide bonds. The standard InChI is InChI=1S/C24H19F4N5OS/c1-30-13-5-6-21(34)32-10-17(16-7-14(8-29)35-20(16)12-32)15-3-2-4-19(25)22(15)18-11-33(9-13)31-23(18)24(26,27)28/h2-7,11,13,17,30H,9-10,12H2,1H3/b6-5+/t13?,17-/m0/s1. The summed E-state index contributed by atoms with van der Waals surface area (Å²) >= 11 is 1.23. The lowest BCUT2D eigenvalue weighted by molar-refractivity contribution is -0.141. The SMILES string of the molecule is CNC1/C=C/C(=O)N2Cc3sc(C#N)cc3[C@@H](C2)c2cccc(F)c2-c2cn(nc2C(F)(F)F)C1. The number of likely N-dealkylation sites (N-methyl/N-ethyl adjacent to an activating group) is 1. The molecule has 11 heteroatoms. The smallest absolute Gasteiger partial charge is 0.333 e. The third kappa shape index (κ3) is 4.13. The van der Waals surface area contributed by atoms with E-state index in [-0.39, 0.29) is 36.7 Å². The minimum Gasteiger partial charge on any atom is -0.333 e. The lowest BCUT2D eigenvalue weighted by atomic mass is 9.83. The normalized spacial score (nSPS) is 20.7. The van der Waals surface area contributed by atoms with Gasteiger partial charge in [-0.05, 0) is 30.3 Å². The Kier molecular flexibility index (Phi) is 5.73. The first-order chi connectivity index (χ1) is 16.7. The molecule has 2 aliphatic heterocycles. The Bertz CT molecular complexity index is 1380. The minimum absolute atomic E-state index is 0.00937. The molecule has 6 nitrogen and oxygen atoms in total. The van der Waals surface area contributed by atoms with Crippen LogP contribution in [0.3, 0.4) is 0 Å². The summed E-state index contributed by atoms with van der Waals surface area (Å²) in [6.45, 7) is 0.406. The minimum atomic E-state index is -4.81. The van der Waals surface area contributed by atoms with Gasteiger partial charge in [-0.25, -0.2) is 4.39 Å². The topological polar surface area (TPSA) is 74.0 Å². The predicted octanol–water partition coefficient (Wildman–Crippen LogP) is 4.27. The zero-order chi connectivity index (χ0) is 24.9. The van der Waals surface area contributed by atoms with Crippen molar-refractivity contribution in [2.45, 2.75) is 31.2 Å². The number of carbonyl (C=O) groups excluding carboxylic acids is 1. The van der Waals surface area contributed by atoms with E-state index < -0.39 is 29.6 Å². The maximum atomic E-state index is 15.4. The quantitative estimate of drug-likeness (QED) is 0.506. The first-order valence-corrected chi connectivity index (χ1v) is 11.6. The van der Waals surface area contributed by atoms with Crippen LogP contribution in [0.5, 0.6) is 0 Å². The number of nitriles is 1. The number of rotatable bonds is 1. The molecule has 0 aliphatic carbocycles. The molecular formula is C24H19F4N5OS. The average Bonchev–Trinajstić information content (AvgIpc) is 3.44. The molecule has 2 atom stereocenters. The van der Waals surface area contributed by atoms with Crippen LogP contribution in [0.25, 0.3) is 11.1 Å². The Morgan fingerprint density at radius 2 is 2.06 bits per heavy atom. The largest absolute Gasteiger partial charge is 0.435 e. The summed E-state index contributed by atoms with van der Waals surface area (Å²) in [5.74, 6) is -1.71. The molecular weight excluding hydrogens is 482 g/mol. The summed E-state index contributed by atoms with van der Waals surface area (Å²) in [5.41, 5.74) is -0.703. The van der Waals surface area contributed by atoms with Gasteiger partial charge in [0.05, 0.1) is 13.1 Å². The second-order valence-corrected chi connectivity index (χ2v) is 9.58. The Labute approximate surface area is 202 Å². The van der Waals surface area contributed by atoms with E-state index in [1.54, 1.807) is 30.2 Å². The van der Waals surface area contributed by atoms with Gasteiger partial charge in [0.2, 0.25) is 5.91 Å². The highest BCUT2D eigenvalue weighted by molar-refractivity contribution is 7.12. The Morgan fingerprint density at radius 1 is 1.26 bits per heavy atom. The summed E-state index contributed by atoms with van der Waals surface area (Å²) in [7, 11) is 1.62. The Hall–Kier alpha value is -3.49. The van der Waals surface area contributed by atoms with E-state index in [4.69, 9.17) is 0 Å². The molecule has 1 unspecified atom stereocenters. The third-order valence-corrected chi connectivity index (χ3v) is 7.36.